The number of ether oxygens (including phenoxy) is 3. The molecule has 2 aromatic carbocycles. The van der Waals surface area contributed by atoms with Gasteiger partial charge in [0.05, 0.1) is 21.3 Å². The minimum atomic E-state index is -0.0775. The van der Waals surface area contributed by atoms with Gasteiger partial charge in [-0.05, 0) is 48.0 Å². The van der Waals surface area contributed by atoms with Crippen molar-refractivity contribution in [3.05, 3.63) is 58.1 Å². The second-order valence-electron chi connectivity index (χ2n) is 4.66. The first kappa shape index (κ1) is 17.1. The molecule has 0 amide bonds. The number of carbonyl (C=O) groups is 1. The van der Waals surface area contributed by atoms with Crippen LogP contribution in [0.4, 0.5) is 0 Å². The van der Waals surface area contributed by atoms with E-state index in [1.165, 1.54) is 6.08 Å². The van der Waals surface area contributed by atoms with Gasteiger partial charge in [-0.3, -0.25) is 4.79 Å². The van der Waals surface area contributed by atoms with Crippen molar-refractivity contribution in [1.82, 2.24) is 0 Å². The van der Waals surface area contributed by atoms with Crippen molar-refractivity contribution in [3.63, 3.8) is 0 Å². The maximum absolute atomic E-state index is 12.2. The summed E-state index contributed by atoms with van der Waals surface area (Å²) in [6, 6.07) is 10.8. The molecule has 0 aliphatic carbocycles. The Hall–Kier alpha value is -2.27. The molecule has 2 aromatic rings. The van der Waals surface area contributed by atoms with Crippen LogP contribution in [0.1, 0.15) is 15.9 Å². The standard InChI is InChI=1S/C18H17BrO4/c1-21-16-10-12(11-17(22-2)18(16)23-3)4-9-15(20)13-5-7-14(19)8-6-13/h4-11H,1-3H3/b9-4-. The van der Waals surface area contributed by atoms with Gasteiger partial charge in [0.2, 0.25) is 5.75 Å². The van der Waals surface area contributed by atoms with Crippen LogP contribution >= 0.6 is 15.9 Å². The van der Waals surface area contributed by atoms with Crippen molar-refractivity contribution >= 4 is 27.8 Å². The monoisotopic (exact) mass is 376 g/mol. The normalized spacial score (nSPS) is 10.6. The zero-order valence-electron chi connectivity index (χ0n) is 13.1. The summed E-state index contributed by atoms with van der Waals surface area (Å²) in [6.07, 6.45) is 3.23. The molecule has 0 heterocycles. The van der Waals surface area contributed by atoms with Gasteiger partial charge in [0.1, 0.15) is 0 Å². The summed E-state index contributed by atoms with van der Waals surface area (Å²) in [5.41, 5.74) is 1.40. The van der Waals surface area contributed by atoms with Crippen molar-refractivity contribution in [3.8, 4) is 17.2 Å². The molecule has 5 heteroatoms. The molecule has 0 bridgehead atoms. The summed E-state index contributed by atoms with van der Waals surface area (Å²) in [5.74, 6) is 1.53. The summed E-state index contributed by atoms with van der Waals surface area (Å²) >= 11 is 3.35. The average molecular weight is 377 g/mol. The van der Waals surface area contributed by atoms with Crippen molar-refractivity contribution < 1.29 is 19.0 Å². The van der Waals surface area contributed by atoms with Crippen molar-refractivity contribution in [2.75, 3.05) is 21.3 Å². The number of allylic oxidation sites excluding steroid dienone is 1. The maximum atomic E-state index is 12.2. The fourth-order valence-corrected chi connectivity index (χ4v) is 2.34. The number of ketones is 1. The Morgan fingerprint density at radius 2 is 1.52 bits per heavy atom. The molecule has 120 valence electrons. The van der Waals surface area contributed by atoms with Crippen LogP contribution in [0, 0.1) is 0 Å². The van der Waals surface area contributed by atoms with Crippen molar-refractivity contribution in [2.45, 2.75) is 0 Å². The van der Waals surface area contributed by atoms with E-state index in [-0.39, 0.29) is 5.78 Å². The fraction of sp³-hybridized carbons (Fsp3) is 0.167. The van der Waals surface area contributed by atoms with E-state index in [1.807, 2.05) is 12.1 Å². The first-order valence-electron chi connectivity index (χ1n) is 6.87. The number of methoxy groups -OCH3 is 3. The van der Waals surface area contributed by atoms with Gasteiger partial charge in [-0.25, -0.2) is 0 Å². The second-order valence-corrected chi connectivity index (χ2v) is 5.58. The number of carbonyl (C=O) groups excluding carboxylic acids is 1. The van der Waals surface area contributed by atoms with Gasteiger partial charge in [0.15, 0.2) is 17.3 Å². The molecule has 0 spiro atoms. The molecule has 0 saturated carbocycles. The number of hydrogen-bond acceptors (Lipinski definition) is 4. The van der Waals surface area contributed by atoms with Crippen LogP contribution in [-0.2, 0) is 0 Å². The Labute approximate surface area is 143 Å². The topological polar surface area (TPSA) is 44.8 Å². The highest BCUT2D eigenvalue weighted by Gasteiger charge is 2.12. The quantitative estimate of drug-likeness (QED) is 0.554. The van der Waals surface area contributed by atoms with E-state index in [4.69, 9.17) is 14.2 Å². The van der Waals surface area contributed by atoms with Gasteiger partial charge in [-0.2, -0.15) is 0 Å². The molecule has 0 fully saturated rings. The van der Waals surface area contributed by atoms with E-state index in [0.29, 0.717) is 22.8 Å². The van der Waals surface area contributed by atoms with E-state index in [2.05, 4.69) is 15.9 Å². The minimum absolute atomic E-state index is 0.0775. The summed E-state index contributed by atoms with van der Waals surface area (Å²) in [4.78, 5) is 12.2. The zero-order chi connectivity index (χ0) is 16.8. The molecule has 0 aliphatic rings. The van der Waals surface area contributed by atoms with Crippen LogP contribution in [0.5, 0.6) is 17.2 Å². The average Bonchev–Trinajstić information content (AvgIpc) is 2.59. The van der Waals surface area contributed by atoms with E-state index in [1.54, 1.807) is 51.7 Å². The van der Waals surface area contributed by atoms with Crippen molar-refractivity contribution in [2.24, 2.45) is 0 Å². The summed E-state index contributed by atoms with van der Waals surface area (Å²) < 4.78 is 16.8. The smallest absolute Gasteiger partial charge is 0.203 e. The molecule has 0 atom stereocenters. The van der Waals surface area contributed by atoms with Crippen LogP contribution < -0.4 is 14.2 Å². The third-order valence-electron chi connectivity index (χ3n) is 3.24. The highest BCUT2D eigenvalue weighted by atomic mass is 79.9. The molecule has 0 radical (unpaired) electrons. The molecule has 0 unspecified atom stereocenters. The first-order valence-corrected chi connectivity index (χ1v) is 7.66. The Morgan fingerprint density at radius 1 is 0.957 bits per heavy atom. The van der Waals surface area contributed by atoms with Gasteiger partial charge in [0.25, 0.3) is 0 Å². The molecular weight excluding hydrogens is 360 g/mol. The lowest BCUT2D eigenvalue weighted by Gasteiger charge is -2.12. The van der Waals surface area contributed by atoms with Gasteiger partial charge >= 0.3 is 0 Å². The Balaban J connectivity index is 2.28. The minimum Gasteiger partial charge on any atom is -0.493 e. The number of halogens is 1. The molecule has 2 rings (SSSR count). The summed E-state index contributed by atoms with van der Waals surface area (Å²) in [6.45, 7) is 0. The Morgan fingerprint density at radius 3 is 2.00 bits per heavy atom. The Bertz CT molecular complexity index is 695. The molecule has 0 aromatic heterocycles. The first-order chi connectivity index (χ1) is 11.1. The Kier molecular flexibility index (Phi) is 5.82. The van der Waals surface area contributed by atoms with E-state index >= 15 is 0 Å². The zero-order valence-corrected chi connectivity index (χ0v) is 14.7. The molecule has 0 N–H and O–H groups in total. The fourth-order valence-electron chi connectivity index (χ4n) is 2.08. The number of benzene rings is 2. The van der Waals surface area contributed by atoms with Crippen LogP contribution in [0.2, 0.25) is 0 Å². The molecule has 0 saturated heterocycles. The van der Waals surface area contributed by atoms with Gasteiger partial charge in [-0.15, -0.1) is 0 Å². The lowest BCUT2D eigenvalue weighted by atomic mass is 10.1. The third-order valence-corrected chi connectivity index (χ3v) is 3.77. The van der Waals surface area contributed by atoms with Crippen LogP contribution in [0.15, 0.2) is 46.9 Å². The number of rotatable bonds is 6. The molecule has 0 aliphatic heterocycles. The second kappa shape index (κ2) is 7.83. The highest BCUT2D eigenvalue weighted by Crippen LogP contribution is 2.38. The molecule has 4 nitrogen and oxygen atoms in total. The lowest BCUT2D eigenvalue weighted by Crippen LogP contribution is -1.96. The maximum Gasteiger partial charge on any atom is 0.203 e. The van der Waals surface area contributed by atoms with Crippen LogP contribution in [0.3, 0.4) is 0 Å². The van der Waals surface area contributed by atoms with Crippen LogP contribution in [-0.4, -0.2) is 27.1 Å². The largest absolute Gasteiger partial charge is 0.493 e. The van der Waals surface area contributed by atoms with Crippen molar-refractivity contribution in [1.29, 1.82) is 0 Å². The van der Waals surface area contributed by atoms with E-state index in [0.717, 1.165) is 10.0 Å². The SMILES string of the molecule is COc1cc(/C=C\C(=O)c2ccc(Br)cc2)cc(OC)c1OC. The molecular formula is C18H17BrO4. The van der Waals surface area contributed by atoms with Gasteiger partial charge in [-0.1, -0.05) is 22.0 Å². The predicted molar refractivity (Wildman–Crippen MR) is 93.6 cm³/mol. The van der Waals surface area contributed by atoms with Gasteiger partial charge in [0, 0.05) is 10.0 Å². The van der Waals surface area contributed by atoms with Gasteiger partial charge < -0.3 is 14.2 Å². The summed E-state index contributed by atoms with van der Waals surface area (Å²) in [7, 11) is 4.66. The highest BCUT2D eigenvalue weighted by molar-refractivity contribution is 9.10. The molecule has 23 heavy (non-hydrogen) atoms. The third kappa shape index (κ3) is 4.13. The van der Waals surface area contributed by atoms with E-state index < -0.39 is 0 Å². The number of hydrogen-bond donors (Lipinski definition) is 0. The van der Waals surface area contributed by atoms with Crippen LogP contribution in [0.25, 0.3) is 6.08 Å². The summed E-state index contributed by atoms with van der Waals surface area (Å²) in [5, 5.41) is 0. The van der Waals surface area contributed by atoms with E-state index in [9.17, 15) is 4.79 Å². The lowest BCUT2D eigenvalue weighted by molar-refractivity contribution is 0.104. The predicted octanol–water partition coefficient (Wildman–Crippen LogP) is 4.37.